The van der Waals surface area contributed by atoms with E-state index in [1.54, 1.807) is 0 Å². The summed E-state index contributed by atoms with van der Waals surface area (Å²) in [5.41, 5.74) is 7.86. The van der Waals surface area contributed by atoms with E-state index in [-0.39, 0.29) is 5.92 Å². The number of hydrogen-bond acceptors (Lipinski definition) is 2. The molecule has 0 saturated carbocycles. The summed E-state index contributed by atoms with van der Waals surface area (Å²) in [5.74, 6) is -0.909. The van der Waals surface area contributed by atoms with Gasteiger partial charge in [-0.15, -0.1) is 0 Å². The molecular weight excluding hydrogens is 166 g/mol. The Balaban J connectivity index is 2.22. The second-order valence-electron chi connectivity index (χ2n) is 3.37. The summed E-state index contributed by atoms with van der Waals surface area (Å²) in [6, 6.07) is 7.09. The van der Waals surface area contributed by atoms with Gasteiger partial charge in [-0.1, -0.05) is 24.3 Å². The summed E-state index contributed by atoms with van der Waals surface area (Å²) in [7, 11) is 0. The van der Waals surface area contributed by atoms with Crippen molar-refractivity contribution in [2.45, 2.75) is 18.4 Å². The molecule has 0 saturated heterocycles. The molecule has 0 amide bonds. The highest BCUT2D eigenvalue weighted by Gasteiger charge is 2.34. The van der Waals surface area contributed by atoms with Crippen LogP contribution < -0.4 is 5.73 Å². The topological polar surface area (TPSA) is 63.3 Å². The average Bonchev–Trinajstić information content (AvgIpc) is 2.06. The van der Waals surface area contributed by atoms with Crippen LogP contribution in [0.5, 0.6) is 0 Å². The molecule has 0 radical (unpaired) electrons. The summed E-state index contributed by atoms with van der Waals surface area (Å²) in [4.78, 5) is 10.6. The first-order valence-electron chi connectivity index (χ1n) is 4.26. The number of carboxylic acids is 1. The average molecular weight is 177 g/mol. The van der Waals surface area contributed by atoms with Crippen LogP contribution in [0.25, 0.3) is 0 Å². The zero-order valence-corrected chi connectivity index (χ0v) is 7.10. The molecule has 1 aromatic rings. The van der Waals surface area contributed by atoms with E-state index in [9.17, 15) is 4.79 Å². The van der Waals surface area contributed by atoms with Gasteiger partial charge in [-0.05, 0) is 17.5 Å². The van der Waals surface area contributed by atoms with Crippen LogP contribution in [-0.4, -0.2) is 17.1 Å². The van der Waals surface area contributed by atoms with Crippen LogP contribution >= 0.6 is 0 Å². The quantitative estimate of drug-likeness (QED) is 0.700. The van der Waals surface area contributed by atoms with Crippen LogP contribution in [0.15, 0.2) is 24.3 Å². The highest BCUT2D eigenvalue weighted by molar-refractivity contribution is 5.75. The molecule has 0 fully saturated rings. The number of aliphatic carboxylic acids is 1. The van der Waals surface area contributed by atoms with Crippen molar-refractivity contribution < 1.29 is 9.90 Å². The van der Waals surface area contributed by atoms with Crippen LogP contribution in [-0.2, 0) is 11.2 Å². The maximum absolute atomic E-state index is 10.6. The Kier molecular flexibility index (Phi) is 1.81. The molecule has 2 atom stereocenters. The second kappa shape index (κ2) is 2.85. The Morgan fingerprint density at radius 3 is 2.85 bits per heavy atom. The SMILES string of the molecule is NC(C(=O)O)C1Cc2ccccc21. The zero-order chi connectivity index (χ0) is 9.42. The summed E-state index contributed by atoms with van der Waals surface area (Å²) in [6.45, 7) is 0. The lowest BCUT2D eigenvalue weighted by Gasteiger charge is -2.32. The van der Waals surface area contributed by atoms with Crippen LogP contribution in [0.4, 0.5) is 0 Å². The fourth-order valence-corrected chi connectivity index (χ4v) is 1.79. The monoisotopic (exact) mass is 177 g/mol. The first-order valence-corrected chi connectivity index (χ1v) is 4.26. The van der Waals surface area contributed by atoms with Gasteiger partial charge < -0.3 is 10.8 Å². The largest absolute Gasteiger partial charge is 0.480 e. The molecule has 2 rings (SSSR count). The molecule has 0 heterocycles. The van der Waals surface area contributed by atoms with Crippen molar-refractivity contribution in [2.75, 3.05) is 0 Å². The number of carboxylic acid groups (broad SMARTS) is 1. The molecule has 3 nitrogen and oxygen atoms in total. The summed E-state index contributed by atoms with van der Waals surface area (Å²) < 4.78 is 0. The van der Waals surface area contributed by atoms with E-state index in [0.717, 1.165) is 12.0 Å². The third-order valence-corrected chi connectivity index (χ3v) is 2.61. The van der Waals surface area contributed by atoms with Gasteiger partial charge in [0, 0.05) is 5.92 Å². The minimum atomic E-state index is -0.917. The number of nitrogens with two attached hydrogens (primary N) is 1. The van der Waals surface area contributed by atoms with Crippen LogP contribution in [0.2, 0.25) is 0 Å². The van der Waals surface area contributed by atoms with Gasteiger partial charge in [-0.3, -0.25) is 4.79 Å². The predicted molar refractivity (Wildman–Crippen MR) is 48.5 cm³/mol. The van der Waals surface area contributed by atoms with Crippen molar-refractivity contribution in [1.29, 1.82) is 0 Å². The first kappa shape index (κ1) is 8.26. The number of fused-ring (bicyclic) bond motifs is 1. The van der Waals surface area contributed by atoms with E-state index in [0.29, 0.717) is 0 Å². The lowest BCUT2D eigenvalue weighted by molar-refractivity contribution is -0.139. The standard InChI is InChI=1S/C10H11NO2/c11-9(10(12)13)8-5-6-3-1-2-4-7(6)8/h1-4,8-9H,5,11H2,(H,12,13). The minimum absolute atomic E-state index is 0.00806. The van der Waals surface area contributed by atoms with Crippen molar-refractivity contribution in [1.82, 2.24) is 0 Å². The Morgan fingerprint density at radius 1 is 1.54 bits per heavy atom. The molecule has 13 heavy (non-hydrogen) atoms. The Hall–Kier alpha value is -1.35. The minimum Gasteiger partial charge on any atom is -0.480 e. The summed E-state index contributed by atoms with van der Waals surface area (Å²) in [6.07, 6.45) is 0.795. The fraction of sp³-hybridized carbons (Fsp3) is 0.300. The van der Waals surface area contributed by atoms with Gasteiger partial charge >= 0.3 is 5.97 Å². The highest BCUT2D eigenvalue weighted by Crippen LogP contribution is 2.36. The molecular formula is C10H11NO2. The van der Waals surface area contributed by atoms with Crippen molar-refractivity contribution in [3.63, 3.8) is 0 Å². The van der Waals surface area contributed by atoms with Crippen molar-refractivity contribution in [3.05, 3.63) is 35.4 Å². The van der Waals surface area contributed by atoms with E-state index in [1.807, 2.05) is 24.3 Å². The summed E-state index contributed by atoms with van der Waals surface area (Å²) >= 11 is 0. The molecule has 1 aromatic carbocycles. The summed E-state index contributed by atoms with van der Waals surface area (Å²) in [5, 5.41) is 8.72. The normalized spacial score (nSPS) is 21.5. The Labute approximate surface area is 76.2 Å². The van der Waals surface area contributed by atoms with Crippen molar-refractivity contribution in [2.24, 2.45) is 5.73 Å². The predicted octanol–water partition coefficient (Wildman–Crippen LogP) is 0.738. The molecule has 1 aliphatic rings. The Morgan fingerprint density at radius 2 is 2.23 bits per heavy atom. The van der Waals surface area contributed by atoms with E-state index in [4.69, 9.17) is 10.8 Å². The zero-order valence-electron chi connectivity index (χ0n) is 7.10. The number of benzene rings is 1. The third-order valence-electron chi connectivity index (χ3n) is 2.61. The molecule has 68 valence electrons. The first-order chi connectivity index (χ1) is 6.20. The van der Waals surface area contributed by atoms with Crippen LogP contribution in [0.1, 0.15) is 17.0 Å². The number of rotatable bonds is 2. The molecule has 3 heteroatoms. The van der Waals surface area contributed by atoms with Gasteiger partial charge in [-0.2, -0.15) is 0 Å². The van der Waals surface area contributed by atoms with Gasteiger partial charge in [0.2, 0.25) is 0 Å². The van der Waals surface area contributed by atoms with Gasteiger partial charge in [0.25, 0.3) is 0 Å². The third kappa shape index (κ3) is 1.21. The van der Waals surface area contributed by atoms with Crippen LogP contribution in [0.3, 0.4) is 0 Å². The molecule has 3 N–H and O–H groups in total. The van der Waals surface area contributed by atoms with E-state index in [2.05, 4.69) is 0 Å². The highest BCUT2D eigenvalue weighted by atomic mass is 16.4. The molecule has 2 unspecified atom stereocenters. The lowest BCUT2D eigenvalue weighted by Crippen LogP contribution is -2.41. The molecule has 0 aliphatic heterocycles. The van der Waals surface area contributed by atoms with Gasteiger partial charge in [-0.25, -0.2) is 0 Å². The maximum Gasteiger partial charge on any atom is 0.321 e. The van der Waals surface area contributed by atoms with Crippen molar-refractivity contribution >= 4 is 5.97 Å². The van der Waals surface area contributed by atoms with Crippen LogP contribution in [0, 0.1) is 0 Å². The van der Waals surface area contributed by atoms with E-state index < -0.39 is 12.0 Å². The maximum atomic E-state index is 10.6. The molecule has 0 bridgehead atoms. The molecule has 0 spiro atoms. The number of carbonyl (C=O) groups is 1. The second-order valence-corrected chi connectivity index (χ2v) is 3.37. The fourth-order valence-electron chi connectivity index (χ4n) is 1.79. The van der Waals surface area contributed by atoms with Gasteiger partial charge in [0.05, 0.1) is 0 Å². The van der Waals surface area contributed by atoms with Crippen molar-refractivity contribution in [3.8, 4) is 0 Å². The number of hydrogen-bond donors (Lipinski definition) is 2. The smallest absolute Gasteiger partial charge is 0.321 e. The van der Waals surface area contributed by atoms with Gasteiger partial charge in [0.15, 0.2) is 0 Å². The van der Waals surface area contributed by atoms with Gasteiger partial charge in [0.1, 0.15) is 6.04 Å². The molecule has 0 aromatic heterocycles. The molecule has 1 aliphatic carbocycles. The van der Waals surface area contributed by atoms with E-state index >= 15 is 0 Å². The lowest BCUT2D eigenvalue weighted by atomic mass is 9.74. The van der Waals surface area contributed by atoms with E-state index in [1.165, 1.54) is 5.56 Å². The Bertz CT molecular complexity index is 349.